The fraction of sp³-hybridized carbons (Fsp3) is 0.552. The van der Waals surface area contributed by atoms with Crippen LogP contribution >= 0.6 is 25.3 Å². The van der Waals surface area contributed by atoms with Gasteiger partial charge in [-0.05, 0) is 56.8 Å². The monoisotopic (exact) mass is 584 g/mol. The van der Waals surface area contributed by atoms with Crippen LogP contribution < -0.4 is 0 Å². The molecule has 0 fully saturated rings. The number of aliphatic hydroxyl groups excluding tert-OH is 1. The van der Waals surface area contributed by atoms with Crippen LogP contribution in [-0.4, -0.2) is 43.1 Å². The molecule has 0 aromatic carbocycles. The van der Waals surface area contributed by atoms with E-state index < -0.39 is 12.1 Å². The first kappa shape index (κ1) is 34.6. The molecule has 204 valence electrons. The van der Waals surface area contributed by atoms with Crippen molar-refractivity contribution in [3.05, 3.63) is 71.9 Å². The van der Waals surface area contributed by atoms with E-state index in [4.69, 9.17) is 13.7 Å². The van der Waals surface area contributed by atoms with Crippen molar-refractivity contribution in [2.24, 2.45) is 11.8 Å². The van der Waals surface area contributed by atoms with Crippen molar-refractivity contribution in [2.45, 2.75) is 79.1 Å². The summed E-state index contributed by atoms with van der Waals surface area (Å²) in [5, 5.41) is 10.3. The van der Waals surface area contributed by atoms with Crippen LogP contribution in [0.15, 0.2) is 71.9 Å². The molecule has 0 heterocycles. The summed E-state index contributed by atoms with van der Waals surface area (Å²) in [5.74, 6) is -0.123. The number of hydrogen-bond acceptors (Lipinski definition) is 6. The summed E-state index contributed by atoms with van der Waals surface area (Å²) in [4.78, 5) is 12.7. The number of allylic oxidation sites excluding steroid dienone is 4. The van der Waals surface area contributed by atoms with Gasteiger partial charge in [-0.15, -0.1) is 6.58 Å². The second kappa shape index (κ2) is 19.7. The van der Waals surface area contributed by atoms with Gasteiger partial charge in [-0.2, -0.15) is 0 Å². The number of carbonyl (C=O) groups excluding carboxylic acids is 1. The van der Waals surface area contributed by atoms with Gasteiger partial charge in [0.2, 0.25) is 0 Å². The Balaban J connectivity index is 5.56. The van der Waals surface area contributed by atoms with E-state index in [2.05, 4.69) is 60.0 Å². The zero-order valence-corrected chi connectivity index (χ0v) is 25.4. The number of carbonyl (C=O) groups is 1. The molecule has 0 amide bonds. The number of halogens is 1. The summed E-state index contributed by atoms with van der Waals surface area (Å²) in [6.45, 7) is 19.7. The molecule has 36 heavy (non-hydrogen) atoms. The molecule has 0 saturated heterocycles. The number of esters is 1. The van der Waals surface area contributed by atoms with E-state index in [9.17, 15) is 9.90 Å². The van der Waals surface area contributed by atoms with Gasteiger partial charge in [0.25, 0.3) is 0 Å². The normalized spacial score (nSPS) is 16.9. The standard InChI is InChI=1S/C29H45BrO5S/c1-10-13-25(19-34-36-30)29(32)35-27(20(4)5)16-15-21(6)17-23(8)28(33-9)24(12-3)18-22(7)26(31)14-11-2/h10-11,13,15,17-18,20,24,26-28,31H,1-2,12,14,16,19H2,3-9H3/b21-15+,22-18-,23-17+,25-13+/t24-,26-,27-,28-/m0/s1. The molecule has 0 radical (unpaired) electrons. The number of rotatable bonds is 18. The predicted octanol–water partition coefficient (Wildman–Crippen LogP) is 7.85. The third-order valence-corrected chi connectivity index (χ3v) is 6.69. The van der Waals surface area contributed by atoms with E-state index >= 15 is 0 Å². The van der Waals surface area contributed by atoms with Crippen LogP contribution in [0.1, 0.15) is 60.8 Å². The lowest BCUT2D eigenvalue weighted by Crippen LogP contribution is -2.25. The van der Waals surface area contributed by atoms with Crippen molar-refractivity contribution in [3.8, 4) is 0 Å². The average Bonchev–Trinajstić information content (AvgIpc) is 2.83. The molecule has 0 aromatic rings. The molecule has 0 aliphatic heterocycles. The maximum Gasteiger partial charge on any atom is 0.336 e. The number of aliphatic hydroxyl groups is 1. The molecule has 0 rings (SSSR count). The highest BCUT2D eigenvalue weighted by atomic mass is 79.9. The Labute approximate surface area is 230 Å². The highest BCUT2D eigenvalue weighted by Gasteiger charge is 2.22. The highest BCUT2D eigenvalue weighted by Crippen LogP contribution is 2.25. The lowest BCUT2D eigenvalue weighted by molar-refractivity contribution is -0.146. The topological polar surface area (TPSA) is 65.0 Å². The van der Waals surface area contributed by atoms with Gasteiger partial charge in [0.05, 0.1) is 34.9 Å². The molecule has 0 aliphatic carbocycles. The minimum absolute atomic E-state index is 0.109. The van der Waals surface area contributed by atoms with Crippen molar-refractivity contribution in [3.63, 3.8) is 0 Å². The number of hydrogen-bond donors (Lipinski definition) is 1. The summed E-state index contributed by atoms with van der Waals surface area (Å²) in [5.41, 5.74) is 3.50. The molecule has 1 N–H and O–H groups in total. The van der Waals surface area contributed by atoms with Gasteiger partial charge in [0.15, 0.2) is 0 Å². The SMILES string of the molecule is C=C/C=C(\COSBr)C(=O)O[C@@H](C/C=C(C)/C=C(\C)[C@H](OC)[C@H](/C=C(/C)[C@@H](O)CC=C)CC)C(C)C. The lowest BCUT2D eigenvalue weighted by Gasteiger charge is -2.25. The van der Waals surface area contributed by atoms with Crippen LogP contribution in [-0.2, 0) is 18.5 Å². The number of ether oxygens (including phenoxy) is 2. The highest BCUT2D eigenvalue weighted by molar-refractivity contribution is 9.49. The fourth-order valence-corrected chi connectivity index (χ4v) is 4.24. The van der Waals surface area contributed by atoms with Crippen LogP contribution in [0.5, 0.6) is 0 Å². The van der Waals surface area contributed by atoms with Gasteiger partial charge in [-0.3, -0.25) is 4.18 Å². The Bertz CT molecular complexity index is 812. The summed E-state index contributed by atoms with van der Waals surface area (Å²) in [7, 11) is 2.73. The molecule has 0 aromatic heterocycles. The molecule has 0 saturated carbocycles. The Morgan fingerprint density at radius 2 is 1.81 bits per heavy atom. The van der Waals surface area contributed by atoms with Crippen LogP contribution in [0.25, 0.3) is 0 Å². The second-order valence-corrected chi connectivity index (χ2v) is 10.3. The first-order valence-electron chi connectivity index (χ1n) is 12.3. The molecular weight excluding hydrogens is 540 g/mol. The average molecular weight is 586 g/mol. The first-order valence-corrected chi connectivity index (χ1v) is 14.9. The fourth-order valence-electron chi connectivity index (χ4n) is 3.79. The Kier molecular flexibility index (Phi) is 18.9. The predicted molar refractivity (Wildman–Crippen MR) is 157 cm³/mol. The van der Waals surface area contributed by atoms with Crippen molar-refractivity contribution in [1.29, 1.82) is 0 Å². The smallest absolute Gasteiger partial charge is 0.336 e. The molecule has 5 nitrogen and oxygen atoms in total. The summed E-state index contributed by atoms with van der Waals surface area (Å²) >= 11 is 3.11. The minimum atomic E-state index is -0.526. The maximum absolute atomic E-state index is 12.7. The molecule has 0 aliphatic rings. The van der Waals surface area contributed by atoms with Gasteiger partial charge < -0.3 is 14.6 Å². The third kappa shape index (κ3) is 13.2. The van der Waals surface area contributed by atoms with Gasteiger partial charge in [0.1, 0.15) is 6.10 Å². The van der Waals surface area contributed by atoms with Crippen molar-refractivity contribution in [2.75, 3.05) is 13.7 Å². The molecule has 0 bridgehead atoms. The molecule has 7 heteroatoms. The second-order valence-electron chi connectivity index (χ2n) is 9.19. The van der Waals surface area contributed by atoms with E-state index in [0.29, 0.717) is 18.4 Å². The Hall–Kier alpha value is -1.38. The zero-order valence-electron chi connectivity index (χ0n) is 23.0. The third-order valence-electron chi connectivity index (χ3n) is 5.93. The molecule has 0 spiro atoms. The van der Waals surface area contributed by atoms with Crippen LogP contribution in [0.3, 0.4) is 0 Å². The van der Waals surface area contributed by atoms with Gasteiger partial charge in [0, 0.05) is 34.3 Å². The maximum atomic E-state index is 12.7. The summed E-state index contributed by atoms with van der Waals surface area (Å²) in [6.07, 6.45) is 12.3. The lowest BCUT2D eigenvalue weighted by atomic mass is 9.89. The van der Waals surface area contributed by atoms with Crippen LogP contribution in [0.2, 0.25) is 0 Å². The first-order chi connectivity index (χ1) is 17.1. The van der Waals surface area contributed by atoms with Crippen molar-refractivity contribution in [1.82, 2.24) is 0 Å². The largest absolute Gasteiger partial charge is 0.458 e. The van der Waals surface area contributed by atoms with Crippen molar-refractivity contribution >= 4 is 31.3 Å². The Morgan fingerprint density at radius 3 is 2.31 bits per heavy atom. The molecular formula is C29H45BrO5S. The van der Waals surface area contributed by atoms with Gasteiger partial charge in [-0.1, -0.05) is 63.3 Å². The van der Waals surface area contributed by atoms with E-state index in [1.807, 2.05) is 27.7 Å². The van der Waals surface area contributed by atoms with Crippen LogP contribution in [0, 0.1) is 11.8 Å². The van der Waals surface area contributed by atoms with Crippen molar-refractivity contribution < 1.29 is 23.6 Å². The van der Waals surface area contributed by atoms with E-state index in [-0.39, 0.29) is 30.7 Å². The van der Waals surface area contributed by atoms with Gasteiger partial charge >= 0.3 is 5.97 Å². The molecule has 0 unspecified atom stereocenters. The zero-order chi connectivity index (χ0) is 27.7. The summed E-state index contributed by atoms with van der Waals surface area (Å²) in [6, 6.07) is 0. The Morgan fingerprint density at radius 1 is 1.14 bits per heavy atom. The number of methoxy groups -OCH3 is 1. The van der Waals surface area contributed by atoms with E-state index in [0.717, 1.165) is 33.6 Å². The van der Waals surface area contributed by atoms with E-state index in [1.165, 1.54) is 0 Å². The van der Waals surface area contributed by atoms with Gasteiger partial charge in [-0.25, -0.2) is 4.79 Å². The molecule has 4 atom stereocenters. The quantitative estimate of drug-likeness (QED) is 0.0581. The van der Waals surface area contributed by atoms with Crippen LogP contribution in [0.4, 0.5) is 0 Å². The van der Waals surface area contributed by atoms with E-state index in [1.54, 1.807) is 25.3 Å². The minimum Gasteiger partial charge on any atom is -0.458 e. The summed E-state index contributed by atoms with van der Waals surface area (Å²) < 4.78 is 16.9.